The number of amides is 1. The standard InChI is InChI=1S/C14H20N2OS/c1-4-8-6-7-10-11(13(15)17)14(16-3)18-12(10)9(8)5-2/h5,8,16H,4,6-7H2,1-3H3,(H2,15,17)/b9-5+. The Labute approximate surface area is 112 Å². The van der Waals surface area contributed by atoms with Crippen molar-refractivity contribution in [2.75, 3.05) is 12.4 Å². The minimum absolute atomic E-state index is 0.317. The van der Waals surface area contributed by atoms with Crippen LogP contribution in [0.4, 0.5) is 5.00 Å². The minimum atomic E-state index is -0.317. The molecule has 2 rings (SSSR count). The van der Waals surface area contributed by atoms with E-state index in [0.29, 0.717) is 11.5 Å². The monoisotopic (exact) mass is 264 g/mol. The topological polar surface area (TPSA) is 55.1 Å². The number of hydrogen-bond donors (Lipinski definition) is 2. The molecule has 0 bridgehead atoms. The summed E-state index contributed by atoms with van der Waals surface area (Å²) in [5.41, 5.74) is 8.75. The molecule has 1 heterocycles. The Morgan fingerprint density at radius 3 is 2.83 bits per heavy atom. The van der Waals surface area contributed by atoms with Gasteiger partial charge in [-0.3, -0.25) is 4.79 Å². The van der Waals surface area contributed by atoms with Gasteiger partial charge in [-0.15, -0.1) is 11.3 Å². The van der Waals surface area contributed by atoms with Gasteiger partial charge < -0.3 is 11.1 Å². The number of anilines is 1. The predicted molar refractivity (Wildman–Crippen MR) is 78.1 cm³/mol. The molecule has 98 valence electrons. The first kappa shape index (κ1) is 13.1. The van der Waals surface area contributed by atoms with E-state index in [1.54, 1.807) is 11.3 Å². The molecule has 4 heteroatoms. The van der Waals surface area contributed by atoms with E-state index in [1.165, 1.54) is 10.5 Å². The smallest absolute Gasteiger partial charge is 0.251 e. The first-order chi connectivity index (χ1) is 8.63. The third-order valence-electron chi connectivity index (χ3n) is 3.73. The maximum Gasteiger partial charge on any atom is 0.251 e. The average molecular weight is 264 g/mol. The second-order valence-electron chi connectivity index (χ2n) is 4.62. The Morgan fingerprint density at radius 1 is 1.61 bits per heavy atom. The lowest BCUT2D eigenvalue weighted by Gasteiger charge is -2.24. The summed E-state index contributed by atoms with van der Waals surface area (Å²) in [5, 5.41) is 4.01. The molecule has 1 amide bonds. The van der Waals surface area contributed by atoms with Crippen LogP contribution in [-0.4, -0.2) is 13.0 Å². The van der Waals surface area contributed by atoms with Crippen molar-refractivity contribution in [2.45, 2.75) is 33.1 Å². The van der Waals surface area contributed by atoms with Crippen molar-refractivity contribution in [2.24, 2.45) is 11.7 Å². The number of rotatable bonds is 3. The zero-order chi connectivity index (χ0) is 13.3. The fourth-order valence-electron chi connectivity index (χ4n) is 2.82. The molecule has 0 radical (unpaired) electrons. The quantitative estimate of drug-likeness (QED) is 0.880. The molecule has 1 atom stereocenters. The average Bonchev–Trinajstić information content (AvgIpc) is 2.75. The van der Waals surface area contributed by atoms with Gasteiger partial charge in [-0.1, -0.05) is 13.0 Å². The summed E-state index contributed by atoms with van der Waals surface area (Å²) in [6.45, 7) is 4.30. The van der Waals surface area contributed by atoms with E-state index in [0.717, 1.165) is 29.8 Å². The van der Waals surface area contributed by atoms with Crippen LogP contribution >= 0.6 is 11.3 Å². The van der Waals surface area contributed by atoms with Gasteiger partial charge in [-0.05, 0) is 43.2 Å². The van der Waals surface area contributed by atoms with Crippen molar-refractivity contribution in [1.29, 1.82) is 0 Å². The van der Waals surface area contributed by atoms with Gasteiger partial charge in [0.1, 0.15) is 5.00 Å². The molecule has 1 unspecified atom stereocenters. The Balaban J connectivity index is 2.59. The van der Waals surface area contributed by atoms with Crippen molar-refractivity contribution < 1.29 is 4.79 Å². The van der Waals surface area contributed by atoms with Crippen LogP contribution in [0.5, 0.6) is 0 Å². The van der Waals surface area contributed by atoms with Crippen LogP contribution in [0.15, 0.2) is 6.08 Å². The molecule has 0 fully saturated rings. The number of hydrogen-bond acceptors (Lipinski definition) is 3. The van der Waals surface area contributed by atoms with Crippen LogP contribution in [0.3, 0.4) is 0 Å². The molecular weight excluding hydrogens is 244 g/mol. The summed E-state index contributed by atoms with van der Waals surface area (Å²) in [6, 6.07) is 0. The third-order valence-corrected chi connectivity index (χ3v) is 5.03. The van der Waals surface area contributed by atoms with E-state index < -0.39 is 0 Å². The molecule has 3 N–H and O–H groups in total. The van der Waals surface area contributed by atoms with Gasteiger partial charge in [0.05, 0.1) is 5.56 Å². The van der Waals surface area contributed by atoms with Crippen LogP contribution in [-0.2, 0) is 6.42 Å². The molecule has 0 spiro atoms. The van der Waals surface area contributed by atoms with Gasteiger partial charge in [-0.2, -0.15) is 0 Å². The van der Waals surface area contributed by atoms with Crippen molar-refractivity contribution >= 4 is 27.8 Å². The van der Waals surface area contributed by atoms with E-state index in [4.69, 9.17) is 5.73 Å². The largest absolute Gasteiger partial charge is 0.379 e. The highest BCUT2D eigenvalue weighted by Gasteiger charge is 2.29. The second-order valence-corrected chi connectivity index (χ2v) is 5.64. The Morgan fingerprint density at radius 2 is 2.33 bits per heavy atom. The summed E-state index contributed by atoms with van der Waals surface area (Å²) in [4.78, 5) is 12.9. The first-order valence-corrected chi connectivity index (χ1v) is 7.25. The molecular formula is C14H20N2OS. The van der Waals surface area contributed by atoms with Gasteiger partial charge in [0.2, 0.25) is 0 Å². The zero-order valence-corrected chi connectivity index (χ0v) is 12.0. The van der Waals surface area contributed by atoms with E-state index in [-0.39, 0.29) is 5.91 Å². The van der Waals surface area contributed by atoms with Crippen LogP contribution in [0.25, 0.3) is 5.57 Å². The Bertz CT molecular complexity index is 502. The number of nitrogens with two attached hydrogens (primary N) is 1. The van der Waals surface area contributed by atoms with Gasteiger partial charge in [-0.25, -0.2) is 0 Å². The number of allylic oxidation sites excluding steroid dienone is 2. The Hall–Kier alpha value is -1.29. The SMILES string of the molecule is C/C=C1/c2sc(NC)c(C(N)=O)c2CCC1CC. The fraction of sp³-hybridized carbons (Fsp3) is 0.500. The molecule has 1 aromatic heterocycles. The molecule has 0 saturated carbocycles. The predicted octanol–water partition coefficient (Wildman–Crippen LogP) is 3.26. The molecule has 1 aromatic rings. The molecule has 0 aromatic carbocycles. The lowest BCUT2D eigenvalue weighted by molar-refractivity contribution is 0.100. The van der Waals surface area contributed by atoms with Gasteiger partial charge in [0, 0.05) is 11.9 Å². The first-order valence-electron chi connectivity index (χ1n) is 6.43. The van der Waals surface area contributed by atoms with E-state index >= 15 is 0 Å². The minimum Gasteiger partial charge on any atom is -0.379 e. The number of nitrogens with one attached hydrogen (secondary N) is 1. The zero-order valence-electron chi connectivity index (χ0n) is 11.2. The lowest BCUT2D eigenvalue weighted by Crippen LogP contribution is -2.17. The highest BCUT2D eigenvalue weighted by atomic mass is 32.1. The lowest BCUT2D eigenvalue weighted by atomic mass is 9.81. The fourth-order valence-corrected chi connectivity index (χ4v) is 4.19. The summed E-state index contributed by atoms with van der Waals surface area (Å²) in [7, 11) is 1.84. The highest BCUT2D eigenvalue weighted by Crippen LogP contribution is 2.45. The summed E-state index contributed by atoms with van der Waals surface area (Å²) in [6.07, 6.45) is 5.41. The third kappa shape index (κ3) is 1.94. The Kier molecular flexibility index (Phi) is 3.76. The molecule has 18 heavy (non-hydrogen) atoms. The normalized spacial score (nSPS) is 20.8. The van der Waals surface area contributed by atoms with Gasteiger partial charge in [0.15, 0.2) is 0 Å². The molecule has 1 aliphatic rings. The number of fused-ring (bicyclic) bond motifs is 1. The molecule has 0 aliphatic heterocycles. The molecule has 0 saturated heterocycles. The number of carbonyl (C=O) groups excluding carboxylic acids is 1. The van der Waals surface area contributed by atoms with Crippen LogP contribution in [0.1, 0.15) is 47.5 Å². The van der Waals surface area contributed by atoms with Gasteiger partial charge in [0.25, 0.3) is 5.91 Å². The maximum absolute atomic E-state index is 11.6. The number of thiophene rings is 1. The maximum atomic E-state index is 11.6. The molecule has 1 aliphatic carbocycles. The number of carbonyl (C=O) groups is 1. The van der Waals surface area contributed by atoms with Crippen molar-refractivity contribution in [3.63, 3.8) is 0 Å². The second kappa shape index (κ2) is 5.14. The van der Waals surface area contributed by atoms with Crippen LogP contribution in [0, 0.1) is 5.92 Å². The van der Waals surface area contributed by atoms with Crippen molar-refractivity contribution in [3.8, 4) is 0 Å². The van der Waals surface area contributed by atoms with Gasteiger partial charge >= 0.3 is 0 Å². The van der Waals surface area contributed by atoms with Crippen LogP contribution in [0.2, 0.25) is 0 Å². The van der Waals surface area contributed by atoms with E-state index in [1.807, 2.05) is 7.05 Å². The van der Waals surface area contributed by atoms with E-state index in [2.05, 4.69) is 25.2 Å². The van der Waals surface area contributed by atoms with E-state index in [9.17, 15) is 4.79 Å². The van der Waals surface area contributed by atoms with Crippen LogP contribution < -0.4 is 11.1 Å². The highest BCUT2D eigenvalue weighted by molar-refractivity contribution is 7.17. The summed E-state index contributed by atoms with van der Waals surface area (Å²) in [5.74, 6) is 0.300. The summed E-state index contributed by atoms with van der Waals surface area (Å²) >= 11 is 1.66. The van der Waals surface area contributed by atoms with Crippen molar-refractivity contribution in [3.05, 3.63) is 22.1 Å². The molecule has 3 nitrogen and oxygen atoms in total. The number of primary amides is 1. The summed E-state index contributed by atoms with van der Waals surface area (Å²) < 4.78 is 0. The van der Waals surface area contributed by atoms with Crippen molar-refractivity contribution in [1.82, 2.24) is 0 Å².